The Labute approximate surface area is 183 Å². The maximum atomic E-state index is 5.22. The fraction of sp³-hybridized carbons (Fsp3) is 0.182. The van der Waals surface area contributed by atoms with Crippen molar-refractivity contribution >= 4 is 24.8 Å². The summed E-state index contributed by atoms with van der Waals surface area (Å²) >= 11 is 1.55. The Morgan fingerprint density at radius 1 is 1.04 bits per heavy atom. The minimum Gasteiger partial charge on any atom is -1.00 e. The Morgan fingerprint density at radius 2 is 1.69 bits per heavy atom. The van der Waals surface area contributed by atoms with Gasteiger partial charge >= 0.3 is 41.3 Å². The van der Waals surface area contributed by atoms with Crippen LogP contribution in [0.3, 0.4) is 0 Å². The number of ether oxygens (including phenoxy) is 1. The molecule has 1 nitrogen and oxygen atoms in total. The number of rotatable bonds is 1. The Morgan fingerprint density at radius 3 is 2.23 bits per heavy atom. The molecule has 0 aliphatic heterocycles. The van der Waals surface area contributed by atoms with Crippen molar-refractivity contribution in [1.29, 1.82) is 0 Å². The maximum absolute atomic E-state index is 5.22. The second kappa shape index (κ2) is 13.1. The standard InChI is InChI=1S/C14H11O.C5H5.C3H6.2ClH.Zr/c1-15-12-6-7-14-11(9-12)8-10-4-2-3-5-13(10)14;1-2-4-5-3-1;1-3-2;;;/h2-9H,1H3;1-3H,4H2;1-2H3;2*1H;/q2*-1;;;;+2/p-2. The zero-order chi connectivity index (χ0) is 17.4. The first-order chi connectivity index (χ1) is 11.6. The molecule has 0 saturated carbocycles. The van der Waals surface area contributed by atoms with Gasteiger partial charge in [-0.25, -0.2) is 12.2 Å². The first kappa shape index (κ1) is 24.9. The van der Waals surface area contributed by atoms with Gasteiger partial charge in [0.05, 0.1) is 12.9 Å². The molecule has 0 aromatic heterocycles. The van der Waals surface area contributed by atoms with Crippen LogP contribution in [0.15, 0.2) is 66.8 Å². The molecule has 136 valence electrons. The van der Waals surface area contributed by atoms with Crippen LogP contribution in [0.2, 0.25) is 0 Å². The Bertz CT molecular complexity index is 864. The van der Waals surface area contributed by atoms with Crippen molar-refractivity contribution in [2.75, 3.05) is 7.11 Å². The largest absolute Gasteiger partial charge is 1.00 e. The van der Waals surface area contributed by atoms with Crippen molar-refractivity contribution in [2.45, 2.75) is 20.3 Å². The quantitative estimate of drug-likeness (QED) is 0.453. The molecule has 1 aliphatic rings. The third-order valence-corrected chi connectivity index (χ3v) is 3.41. The zero-order valence-corrected chi connectivity index (χ0v) is 19.2. The molecule has 0 atom stereocenters. The fourth-order valence-corrected chi connectivity index (χ4v) is 2.41. The third kappa shape index (κ3) is 7.66. The van der Waals surface area contributed by atoms with E-state index in [9.17, 15) is 0 Å². The number of benzene rings is 2. The number of methoxy groups -OCH3 is 1. The second-order valence-corrected chi connectivity index (χ2v) is 8.15. The molecule has 26 heavy (non-hydrogen) atoms. The average Bonchev–Trinajstić information content (AvgIpc) is 3.24. The van der Waals surface area contributed by atoms with Gasteiger partial charge in [-0.2, -0.15) is 6.08 Å². The van der Waals surface area contributed by atoms with Gasteiger partial charge in [0.2, 0.25) is 0 Å². The van der Waals surface area contributed by atoms with E-state index in [0.29, 0.717) is 0 Å². The summed E-state index contributed by atoms with van der Waals surface area (Å²) in [6, 6.07) is 16.9. The minimum absolute atomic E-state index is 0. The van der Waals surface area contributed by atoms with E-state index in [1.807, 2.05) is 18.2 Å². The molecule has 0 saturated heterocycles. The number of halogens is 2. The van der Waals surface area contributed by atoms with E-state index < -0.39 is 0 Å². The van der Waals surface area contributed by atoms with Crippen LogP contribution >= 0.6 is 0 Å². The molecule has 0 amide bonds. The van der Waals surface area contributed by atoms with Crippen LogP contribution in [0.25, 0.3) is 21.5 Å². The van der Waals surface area contributed by atoms with Gasteiger partial charge in [-0.15, -0.1) is 40.1 Å². The molecular weight excluding hydrogens is 442 g/mol. The predicted molar refractivity (Wildman–Crippen MR) is 102 cm³/mol. The number of fused-ring (bicyclic) bond motifs is 3. The Hall–Kier alpha value is -1.08. The van der Waals surface area contributed by atoms with E-state index >= 15 is 0 Å². The summed E-state index contributed by atoms with van der Waals surface area (Å²) in [5, 5.41) is 5.15. The molecule has 0 heterocycles. The topological polar surface area (TPSA) is 9.23 Å². The predicted octanol–water partition coefficient (Wildman–Crippen LogP) is -0.220. The van der Waals surface area contributed by atoms with Crippen LogP contribution in [-0.2, 0) is 24.2 Å². The van der Waals surface area contributed by atoms with Crippen molar-refractivity contribution in [2.24, 2.45) is 0 Å². The maximum Gasteiger partial charge on any atom is -0.109 e. The molecule has 1 aliphatic carbocycles. The van der Waals surface area contributed by atoms with Crippen LogP contribution in [0, 0.1) is 6.08 Å². The van der Waals surface area contributed by atoms with Crippen molar-refractivity contribution in [3.8, 4) is 5.75 Å². The van der Waals surface area contributed by atoms with Gasteiger partial charge in [0.15, 0.2) is 0 Å². The summed E-state index contributed by atoms with van der Waals surface area (Å²) < 4.78 is 6.72. The van der Waals surface area contributed by atoms with E-state index in [0.717, 1.165) is 12.2 Å². The summed E-state index contributed by atoms with van der Waals surface area (Å²) in [6.07, 6.45) is 10.0. The van der Waals surface area contributed by atoms with E-state index in [1.54, 1.807) is 31.3 Å². The fourth-order valence-electron chi connectivity index (χ4n) is 2.41. The monoisotopic (exact) mass is 462 g/mol. The molecule has 0 radical (unpaired) electrons. The van der Waals surface area contributed by atoms with Crippen LogP contribution in [0.1, 0.15) is 20.3 Å². The minimum atomic E-state index is 0. The smallest absolute Gasteiger partial charge is 0.109 e. The van der Waals surface area contributed by atoms with Gasteiger partial charge in [0.1, 0.15) is 0 Å². The first-order valence-electron chi connectivity index (χ1n) is 7.97. The van der Waals surface area contributed by atoms with Gasteiger partial charge in [-0.3, -0.25) is 6.08 Å². The molecular formula is C22H22Cl2OZr-2. The van der Waals surface area contributed by atoms with Crippen LogP contribution in [-0.4, -0.2) is 10.3 Å². The average molecular weight is 465 g/mol. The van der Waals surface area contributed by atoms with Gasteiger partial charge in [0.25, 0.3) is 0 Å². The molecule has 0 bridgehead atoms. The van der Waals surface area contributed by atoms with Crippen LogP contribution in [0.5, 0.6) is 5.75 Å². The van der Waals surface area contributed by atoms with Gasteiger partial charge in [0, 0.05) is 0 Å². The summed E-state index contributed by atoms with van der Waals surface area (Å²) in [5.74, 6) is 0.915. The molecule has 0 fully saturated rings. The van der Waals surface area contributed by atoms with Gasteiger partial charge in [-0.1, -0.05) is 30.3 Å². The van der Waals surface area contributed by atoms with Gasteiger partial charge in [-0.05, 0) is 6.07 Å². The second-order valence-electron chi connectivity index (χ2n) is 5.69. The molecule has 4 heteroatoms. The van der Waals surface area contributed by atoms with Crippen LogP contribution < -0.4 is 29.6 Å². The SMILES string of the molecule is COc1ccc2c(c1)[cH-]c1ccccc12.C[C](C)=[Zr+2].[C-]1=CC=CC1.[Cl-].[Cl-]. The normalized spacial score (nSPS) is 10.8. The molecule has 4 rings (SSSR count). The van der Waals surface area contributed by atoms with E-state index in [1.165, 1.54) is 24.8 Å². The Balaban J connectivity index is 0.000000480. The molecule has 3 aromatic carbocycles. The molecule has 3 aromatic rings. The van der Waals surface area contributed by atoms with Crippen molar-refractivity contribution in [3.63, 3.8) is 0 Å². The molecule has 0 spiro atoms. The zero-order valence-electron chi connectivity index (χ0n) is 15.2. The molecule has 0 N–H and O–H groups in total. The van der Waals surface area contributed by atoms with E-state index in [4.69, 9.17) is 4.74 Å². The Kier molecular flexibility index (Phi) is 12.6. The number of hydrogen-bond donors (Lipinski definition) is 0. The number of hydrogen-bond acceptors (Lipinski definition) is 1. The van der Waals surface area contributed by atoms with Crippen LogP contribution in [0.4, 0.5) is 0 Å². The van der Waals surface area contributed by atoms with E-state index in [2.05, 4.69) is 68.5 Å². The summed E-state index contributed by atoms with van der Waals surface area (Å²) in [4.78, 5) is 0. The van der Waals surface area contributed by atoms with E-state index in [-0.39, 0.29) is 24.8 Å². The number of allylic oxidation sites excluding steroid dienone is 4. The summed E-state index contributed by atoms with van der Waals surface area (Å²) in [6.45, 7) is 4.25. The van der Waals surface area contributed by atoms with Crippen molar-refractivity contribution in [1.82, 2.24) is 0 Å². The van der Waals surface area contributed by atoms with Crippen molar-refractivity contribution in [3.05, 3.63) is 72.8 Å². The summed E-state index contributed by atoms with van der Waals surface area (Å²) in [5.41, 5.74) is 0. The van der Waals surface area contributed by atoms with Crippen molar-refractivity contribution < 1.29 is 53.8 Å². The van der Waals surface area contributed by atoms with Gasteiger partial charge < -0.3 is 29.6 Å². The molecule has 0 unspecified atom stereocenters. The third-order valence-electron chi connectivity index (χ3n) is 3.41. The summed E-state index contributed by atoms with van der Waals surface area (Å²) in [7, 11) is 1.70. The first-order valence-corrected chi connectivity index (χ1v) is 9.20.